The Labute approximate surface area is 158 Å². The molecule has 3 aromatic rings. The van der Waals surface area contributed by atoms with Gasteiger partial charge in [0.15, 0.2) is 0 Å². The van der Waals surface area contributed by atoms with E-state index in [1.807, 2.05) is 54.1 Å². The van der Waals surface area contributed by atoms with Crippen LogP contribution in [0.4, 0.5) is 5.82 Å². The molecule has 0 atom stereocenters. The average molecular weight is 366 g/mol. The van der Waals surface area contributed by atoms with Gasteiger partial charge in [0.05, 0.1) is 12.2 Å². The Hall–Kier alpha value is -2.53. The summed E-state index contributed by atoms with van der Waals surface area (Å²) in [6.45, 7) is 2.59. The number of hydrogen-bond donors (Lipinski definition) is 1. The highest BCUT2D eigenvalue weighted by Gasteiger charge is 2.10. The summed E-state index contributed by atoms with van der Waals surface area (Å²) in [6, 6.07) is 22.3. The third-order valence-electron chi connectivity index (χ3n) is 3.90. The van der Waals surface area contributed by atoms with E-state index in [4.69, 9.17) is 0 Å². The van der Waals surface area contributed by atoms with E-state index < -0.39 is 0 Å². The minimum Gasteiger partial charge on any atom is -0.311 e. The summed E-state index contributed by atoms with van der Waals surface area (Å²) in [7, 11) is 0. The number of carbonyl (C=O) groups excluding carboxylic acids is 1. The van der Waals surface area contributed by atoms with Crippen molar-refractivity contribution >= 4 is 23.5 Å². The topological polar surface area (TPSA) is 46.9 Å². The standard InChI is InChI=1S/C21H23N3OS/c1-17-15-20(24(23-17)16-18-9-4-2-5-10-18)22-21(25)13-8-14-26-19-11-6-3-7-12-19/h2-7,9-12,15H,8,13-14,16H2,1H3,(H,22,25). The summed E-state index contributed by atoms with van der Waals surface area (Å²) in [4.78, 5) is 13.5. The predicted octanol–water partition coefficient (Wildman–Crippen LogP) is 4.75. The molecule has 0 fully saturated rings. The van der Waals surface area contributed by atoms with Crippen molar-refractivity contribution in [2.24, 2.45) is 0 Å². The molecule has 134 valence electrons. The minimum atomic E-state index is 0.0351. The molecular weight excluding hydrogens is 342 g/mol. The van der Waals surface area contributed by atoms with Crippen molar-refractivity contribution < 1.29 is 4.79 Å². The maximum atomic E-state index is 12.3. The fourth-order valence-corrected chi connectivity index (χ4v) is 3.54. The Balaban J connectivity index is 1.49. The fourth-order valence-electron chi connectivity index (χ4n) is 2.67. The van der Waals surface area contributed by atoms with Gasteiger partial charge in [0.25, 0.3) is 0 Å². The van der Waals surface area contributed by atoms with E-state index in [9.17, 15) is 4.79 Å². The molecule has 1 N–H and O–H groups in total. The first kappa shape index (κ1) is 18.3. The minimum absolute atomic E-state index is 0.0351. The number of amides is 1. The number of aromatic nitrogens is 2. The highest BCUT2D eigenvalue weighted by Crippen LogP contribution is 2.19. The van der Waals surface area contributed by atoms with Crippen molar-refractivity contribution in [3.8, 4) is 0 Å². The lowest BCUT2D eigenvalue weighted by atomic mass is 10.2. The zero-order valence-corrected chi connectivity index (χ0v) is 15.7. The molecule has 0 aliphatic carbocycles. The molecule has 0 radical (unpaired) electrons. The third kappa shape index (κ3) is 5.49. The highest BCUT2D eigenvalue weighted by atomic mass is 32.2. The first-order valence-electron chi connectivity index (χ1n) is 8.77. The Morgan fingerprint density at radius 2 is 1.77 bits per heavy atom. The quantitative estimate of drug-likeness (QED) is 0.463. The van der Waals surface area contributed by atoms with Gasteiger partial charge < -0.3 is 5.32 Å². The second-order valence-electron chi connectivity index (χ2n) is 6.13. The highest BCUT2D eigenvalue weighted by molar-refractivity contribution is 7.99. The van der Waals surface area contributed by atoms with Crippen LogP contribution in [0.1, 0.15) is 24.1 Å². The van der Waals surface area contributed by atoms with E-state index >= 15 is 0 Å². The molecule has 1 heterocycles. The molecule has 26 heavy (non-hydrogen) atoms. The van der Waals surface area contributed by atoms with E-state index in [2.05, 4.69) is 34.7 Å². The molecule has 2 aromatic carbocycles. The number of benzene rings is 2. The zero-order chi connectivity index (χ0) is 18.2. The number of rotatable bonds is 8. The molecule has 0 aliphatic rings. The predicted molar refractivity (Wildman–Crippen MR) is 108 cm³/mol. The van der Waals surface area contributed by atoms with Gasteiger partial charge in [0, 0.05) is 17.4 Å². The van der Waals surface area contributed by atoms with Crippen molar-refractivity contribution in [1.29, 1.82) is 0 Å². The summed E-state index contributed by atoms with van der Waals surface area (Å²) in [5.74, 6) is 1.72. The van der Waals surface area contributed by atoms with Gasteiger partial charge in [-0.15, -0.1) is 11.8 Å². The fraction of sp³-hybridized carbons (Fsp3) is 0.238. The number of carbonyl (C=O) groups is 1. The summed E-state index contributed by atoms with van der Waals surface area (Å²) in [5, 5.41) is 7.50. The lowest BCUT2D eigenvalue weighted by Crippen LogP contribution is -2.16. The van der Waals surface area contributed by atoms with E-state index in [0.717, 1.165) is 29.2 Å². The summed E-state index contributed by atoms with van der Waals surface area (Å²) >= 11 is 1.78. The first-order valence-corrected chi connectivity index (χ1v) is 9.75. The van der Waals surface area contributed by atoms with Gasteiger partial charge in [-0.3, -0.25) is 4.79 Å². The number of nitrogens with one attached hydrogen (secondary N) is 1. The van der Waals surface area contributed by atoms with E-state index in [0.29, 0.717) is 13.0 Å². The van der Waals surface area contributed by atoms with Crippen molar-refractivity contribution in [3.63, 3.8) is 0 Å². The normalized spacial score (nSPS) is 10.7. The van der Waals surface area contributed by atoms with Crippen LogP contribution in [0.2, 0.25) is 0 Å². The van der Waals surface area contributed by atoms with E-state index in [1.165, 1.54) is 4.90 Å². The zero-order valence-electron chi connectivity index (χ0n) is 14.9. The number of nitrogens with zero attached hydrogens (tertiary/aromatic N) is 2. The van der Waals surface area contributed by atoms with Crippen molar-refractivity contribution in [2.75, 3.05) is 11.1 Å². The lowest BCUT2D eigenvalue weighted by Gasteiger charge is -2.09. The van der Waals surface area contributed by atoms with Gasteiger partial charge in [0.1, 0.15) is 5.82 Å². The Morgan fingerprint density at radius 1 is 1.08 bits per heavy atom. The monoisotopic (exact) mass is 365 g/mol. The maximum absolute atomic E-state index is 12.3. The van der Waals surface area contributed by atoms with Crippen LogP contribution >= 0.6 is 11.8 Å². The van der Waals surface area contributed by atoms with Crippen LogP contribution in [-0.4, -0.2) is 21.4 Å². The van der Waals surface area contributed by atoms with Crippen LogP contribution in [-0.2, 0) is 11.3 Å². The molecule has 0 saturated heterocycles. The van der Waals surface area contributed by atoms with Crippen molar-refractivity contribution in [3.05, 3.63) is 78.0 Å². The smallest absolute Gasteiger partial charge is 0.225 e. The molecule has 1 aromatic heterocycles. The number of thioether (sulfide) groups is 1. The van der Waals surface area contributed by atoms with Crippen LogP contribution < -0.4 is 5.32 Å². The molecule has 0 unspecified atom stereocenters. The van der Waals surface area contributed by atoms with Crippen LogP contribution in [0.5, 0.6) is 0 Å². The SMILES string of the molecule is Cc1cc(NC(=O)CCCSc2ccccc2)n(Cc2ccccc2)n1. The number of aryl methyl sites for hydroxylation is 1. The summed E-state index contributed by atoms with van der Waals surface area (Å²) in [6.07, 6.45) is 1.35. The van der Waals surface area contributed by atoms with Gasteiger partial charge >= 0.3 is 0 Å². The molecule has 4 nitrogen and oxygen atoms in total. The Morgan fingerprint density at radius 3 is 2.50 bits per heavy atom. The molecule has 5 heteroatoms. The molecule has 0 saturated carbocycles. The van der Waals surface area contributed by atoms with Crippen LogP contribution in [0.3, 0.4) is 0 Å². The molecule has 1 amide bonds. The molecule has 0 aliphatic heterocycles. The largest absolute Gasteiger partial charge is 0.311 e. The van der Waals surface area contributed by atoms with Gasteiger partial charge in [-0.05, 0) is 36.8 Å². The van der Waals surface area contributed by atoms with Gasteiger partial charge in [-0.2, -0.15) is 5.10 Å². The van der Waals surface area contributed by atoms with Crippen LogP contribution in [0, 0.1) is 6.92 Å². The molecule has 0 spiro atoms. The molecule has 0 bridgehead atoms. The Kier molecular flexibility index (Phi) is 6.50. The summed E-state index contributed by atoms with van der Waals surface area (Å²) in [5.41, 5.74) is 2.06. The number of hydrogen-bond acceptors (Lipinski definition) is 3. The van der Waals surface area contributed by atoms with E-state index in [-0.39, 0.29) is 5.91 Å². The summed E-state index contributed by atoms with van der Waals surface area (Å²) < 4.78 is 1.85. The van der Waals surface area contributed by atoms with Gasteiger partial charge in [-0.1, -0.05) is 48.5 Å². The van der Waals surface area contributed by atoms with Gasteiger partial charge in [-0.25, -0.2) is 4.68 Å². The number of anilines is 1. The lowest BCUT2D eigenvalue weighted by molar-refractivity contribution is -0.116. The first-order chi connectivity index (χ1) is 12.7. The van der Waals surface area contributed by atoms with Crippen LogP contribution in [0.25, 0.3) is 0 Å². The molecule has 3 rings (SSSR count). The van der Waals surface area contributed by atoms with Crippen molar-refractivity contribution in [1.82, 2.24) is 9.78 Å². The van der Waals surface area contributed by atoms with Crippen LogP contribution in [0.15, 0.2) is 71.6 Å². The third-order valence-corrected chi connectivity index (χ3v) is 5.00. The molecular formula is C21H23N3OS. The second-order valence-corrected chi connectivity index (χ2v) is 7.30. The second kappa shape index (κ2) is 9.25. The maximum Gasteiger partial charge on any atom is 0.225 e. The Bertz CT molecular complexity index is 831. The van der Waals surface area contributed by atoms with E-state index in [1.54, 1.807) is 11.8 Å². The average Bonchev–Trinajstić information content (AvgIpc) is 2.99. The van der Waals surface area contributed by atoms with Gasteiger partial charge in [0.2, 0.25) is 5.91 Å². The van der Waals surface area contributed by atoms with Crippen molar-refractivity contribution in [2.45, 2.75) is 31.2 Å².